The highest BCUT2D eigenvalue weighted by atomic mass is 16.1. The van der Waals surface area contributed by atoms with Crippen LogP contribution in [0.4, 0.5) is 5.69 Å². The predicted octanol–water partition coefficient (Wildman–Crippen LogP) is 2.17. The fourth-order valence-corrected chi connectivity index (χ4v) is 2.06. The van der Waals surface area contributed by atoms with Crippen LogP contribution in [-0.4, -0.2) is 21.1 Å². The molecule has 2 aromatic rings. The van der Waals surface area contributed by atoms with Gasteiger partial charge in [0, 0.05) is 18.7 Å². The maximum atomic E-state index is 11.1. The van der Waals surface area contributed by atoms with E-state index in [0.29, 0.717) is 0 Å². The summed E-state index contributed by atoms with van der Waals surface area (Å²) in [6.45, 7) is 5.59. The molecule has 6 nitrogen and oxygen atoms in total. The second-order valence-corrected chi connectivity index (χ2v) is 4.79. The number of aromatic amines is 1. The van der Waals surface area contributed by atoms with Gasteiger partial charge in [-0.05, 0) is 31.5 Å². The van der Waals surface area contributed by atoms with Gasteiger partial charge in [0.25, 0.3) is 0 Å². The van der Waals surface area contributed by atoms with Gasteiger partial charge in [0.05, 0.1) is 6.04 Å². The van der Waals surface area contributed by atoms with Crippen molar-refractivity contribution in [1.29, 1.82) is 0 Å². The van der Waals surface area contributed by atoms with E-state index in [-0.39, 0.29) is 18.0 Å². The molecule has 0 radical (unpaired) electrons. The summed E-state index contributed by atoms with van der Waals surface area (Å²) in [5.41, 5.74) is 1.90. The van der Waals surface area contributed by atoms with E-state index >= 15 is 0 Å². The smallest absolute Gasteiger partial charge is 0.221 e. The highest BCUT2D eigenvalue weighted by Crippen LogP contribution is 2.20. The number of amides is 1. The Bertz CT molecular complexity index is 567. The highest BCUT2D eigenvalue weighted by molar-refractivity contribution is 5.88. The van der Waals surface area contributed by atoms with Gasteiger partial charge in [0.1, 0.15) is 12.2 Å². The van der Waals surface area contributed by atoms with E-state index in [1.807, 2.05) is 31.2 Å². The van der Waals surface area contributed by atoms with Gasteiger partial charge in [-0.3, -0.25) is 9.89 Å². The van der Waals surface area contributed by atoms with Gasteiger partial charge < -0.3 is 10.6 Å². The lowest BCUT2D eigenvalue weighted by atomic mass is 10.1. The van der Waals surface area contributed by atoms with Crippen molar-refractivity contribution >= 4 is 11.6 Å². The van der Waals surface area contributed by atoms with Crippen LogP contribution >= 0.6 is 0 Å². The van der Waals surface area contributed by atoms with Gasteiger partial charge in [-0.2, -0.15) is 5.10 Å². The molecule has 0 bridgehead atoms. The average Bonchev–Trinajstić information content (AvgIpc) is 2.92. The molecule has 0 saturated carbocycles. The molecule has 1 aromatic heterocycles. The Kier molecular flexibility index (Phi) is 4.47. The van der Waals surface area contributed by atoms with Crippen molar-refractivity contribution in [2.24, 2.45) is 0 Å². The van der Waals surface area contributed by atoms with Crippen molar-refractivity contribution in [2.45, 2.75) is 32.9 Å². The van der Waals surface area contributed by atoms with Crippen LogP contribution < -0.4 is 10.6 Å². The second-order valence-electron chi connectivity index (χ2n) is 4.79. The molecular weight excluding hydrogens is 254 g/mol. The fourth-order valence-electron chi connectivity index (χ4n) is 2.06. The van der Waals surface area contributed by atoms with E-state index in [9.17, 15) is 4.79 Å². The van der Waals surface area contributed by atoms with Crippen molar-refractivity contribution in [1.82, 2.24) is 20.5 Å². The Morgan fingerprint density at radius 2 is 2.10 bits per heavy atom. The van der Waals surface area contributed by atoms with Crippen molar-refractivity contribution in [3.8, 4) is 0 Å². The first-order chi connectivity index (χ1) is 9.56. The van der Waals surface area contributed by atoms with E-state index in [1.54, 1.807) is 0 Å². The van der Waals surface area contributed by atoms with Crippen LogP contribution in [0, 0.1) is 0 Å². The molecule has 0 saturated heterocycles. The molecule has 1 amide bonds. The summed E-state index contributed by atoms with van der Waals surface area (Å²) in [4.78, 5) is 15.2. The summed E-state index contributed by atoms with van der Waals surface area (Å²) in [5, 5.41) is 12.9. The molecule has 20 heavy (non-hydrogen) atoms. The summed E-state index contributed by atoms with van der Waals surface area (Å²) < 4.78 is 0. The number of H-pyrrole nitrogens is 1. The normalized spacial score (nSPS) is 13.8. The Morgan fingerprint density at radius 1 is 1.30 bits per heavy atom. The van der Waals surface area contributed by atoms with E-state index in [4.69, 9.17) is 0 Å². The number of hydrogen-bond donors (Lipinski definition) is 3. The molecule has 0 aliphatic rings. The van der Waals surface area contributed by atoms with Crippen molar-refractivity contribution in [3.05, 3.63) is 42.0 Å². The molecule has 1 heterocycles. The van der Waals surface area contributed by atoms with E-state index in [2.05, 4.69) is 32.7 Å². The zero-order valence-electron chi connectivity index (χ0n) is 11.8. The van der Waals surface area contributed by atoms with Crippen molar-refractivity contribution in [3.63, 3.8) is 0 Å². The number of carbonyl (C=O) groups excluding carboxylic acids is 1. The standard InChI is InChI=1S/C14H19N5O/c1-9(17-10(2)14-15-8-16-19-14)12-5-4-6-13(7-12)18-11(3)20/h4-10,17H,1-3H3,(H,18,20)(H,15,16,19). The molecule has 0 spiro atoms. The van der Waals surface area contributed by atoms with Crippen molar-refractivity contribution < 1.29 is 4.79 Å². The number of benzene rings is 1. The highest BCUT2D eigenvalue weighted by Gasteiger charge is 2.13. The Balaban J connectivity index is 2.05. The number of nitrogens with one attached hydrogen (secondary N) is 3. The average molecular weight is 273 g/mol. The quantitative estimate of drug-likeness (QED) is 0.779. The van der Waals surface area contributed by atoms with Crippen LogP contribution in [0.25, 0.3) is 0 Å². The van der Waals surface area contributed by atoms with E-state index < -0.39 is 0 Å². The van der Waals surface area contributed by atoms with Crippen LogP contribution in [0.3, 0.4) is 0 Å². The van der Waals surface area contributed by atoms with Crippen LogP contribution in [0.15, 0.2) is 30.6 Å². The lowest BCUT2D eigenvalue weighted by Crippen LogP contribution is -2.23. The van der Waals surface area contributed by atoms with Gasteiger partial charge in [0.2, 0.25) is 5.91 Å². The van der Waals surface area contributed by atoms with Crippen LogP contribution in [0.1, 0.15) is 44.2 Å². The fraction of sp³-hybridized carbons (Fsp3) is 0.357. The van der Waals surface area contributed by atoms with Crippen molar-refractivity contribution in [2.75, 3.05) is 5.32 Å². The summed E-state index contributed by atoms with van der Waals surface area (Å²) in [6, 6.07) is 7.98. The molecule has 0 aliphatic carbocycles. The molecule has 6 heteroatoms. The van der Waals surface area contributed by atoms with Gasteiger partial charge in [-0.25, -0.2) is 4.98 Å². The SMILES string of the molecule is CC(=O)Nc1cccc(C(C)NC(C)c2ncn[nH]2)c1. The summed E-state index contributed by atoms with van der Waals surface area (Å²) in [7, 11) is 0. The number of hydrogen-bond acceptors (Lipinski definition) is 4. The first-order valence-corrected chi connectivity index (χ1v) is 6.55. The van der Waals surface area contributed by atoms with Gasteiger partial charge in [0.15, 0.2) is 0 Å². The Hall–Kier alpha value is -2.21. The molecule has 0 aliphatic heterocycles. The number of rotatable bonds is 5. The third-order valence-corrected chi connectivity index (χ3v) is 3.05. The van der Waals surface area contributed by atoms with E-state index in [1.165, 1.54) is 13.3 Å². The number of aromatic nitrogens is 3. The minimum Gasteiger partial charge on any atom is -0.326 e. The summed E-state index contributed by atoms with van der Waals surface area (Å²) >= 11 is 0. The topological polar surface area (TPSA) is 82.7 Å². The molecule has 3 N–H and O–H groups in total. The van der Waals surface area contributed by atoms with E-state index in [0.717, 1.165) is 17.1 Å². The zero-order chi connectivity index (χ0) is 14.5. The lowest BCUT2D eigenvalue weighted by molar-refractivity contribution is -0.114. The van der Waals surface area contributed by atoms with Gasteiger partial charge >= 0.3 is 0 Å². The summed E-state index contributed by atoms with van der Waals surface area (Å²) in [6.07, 6.45) is 1.50. The maximum absolute atomic E-state index is 11.1. The molecule has 1 aromatic carbocycles. The molecule has 2 unspecified atom stereocenters. The summed E-state index contributed by atoms with van der Waals surface area (Å²) in [5.74, 6) is 0.729. The first-order valence-electron chi connectivity index (χ1n) is 6.55. The Morgan fingerprint density at radius 3 is 2.75 bits per heavy atom. The minimum absolute atomic E-state index is 0.0666. The largest absolute Gasteiger partial charge is 0.326 e. The molecule has 106 valence electrons. The van der Waals surface area contributed by atoms with Crippen LogP contribution in [0.5, 0.6) is 0 Å². The Labute approximate surface area is 118 Å². The second kappa shape index (κ2) is 6.29. The third-order valence-electron chi connectivity index (χ3n) is 3.05. The number of carbonyl (C=O) groups is 1. The zero-order valence-corrected chi connectivity index (χ0v) is 11.8. The maximum Gasteiger partial charge on any atom is 0.221 e. The number of anilines is 1. The van der Waals surface area contributed by atoms with Gasteiger partial charge in [-0.15, -0.1) is 0 Å². The molecule has 2 atom stereocenters. The monoisotopic (exact) mass is 273 g/mol. The van der Waals surface area contributed by atoms with Crippen LogP contribution in [-0.2, 0) is 4.79 Å². The lowest BCUT2D eigenvalue weighted by Gasteiger charge is -2.19. The third kappa shape index (κ3) is 3.64. The van der Waals surface area contributed by atoms with Gasteiger partial charge in [-0.1, -0.05) is 12.1 Å². The van der Waals surface area contributed by atoms with Crippen LogP contribution in [0.2, 0.25) is 0 Å². The minimum atomic E-state index is -0.0715. The molecule has 2 rings (SSSR count). The number of nitrogens with zero attached hydrogens (tertiary/aromatic N) is 2. The first kappa shape index (κ1) is 14.2. The molecular formula is C14H19N5O. The molecule has 0 fully saturated rings. The predicted molar refractivity (Wildman–Crippen MR) is 77.1 cm³/mol.